The van der Waals surface area contributed by atoms with Crippen LogP contribution in [0.1, 0.15) is 11.1 Å². The first kappa shape index (κ1) is 16.4. The summed E-state index contributed by atoms with van der Waals surface area (Å²) in [6.07, 6.45) is 5.62. The van der Waals surface area contributed by atoms with Gasteiger partial charge in [0.2, 0.25) is 5.91 Å². The van der Waals surface area contributed by atoms with E-state index in [4.69, 9.17) is 0 Å². The molecule has 0 saturated heterocycles. The van der Waals surface area contributed by atoms with Crippen LogP contribution >= 0.6 is 0 Å². The fraction of sp³-hybridized carbons (Fsp3) is 0.105. The molecule has 0 saturated carbocycles. The van der Waals surface area contributed by atoms with E-state index < -0.39 is 4.92 Å². The number of fused-ring (bicyclic) bond motifs is 1. The lowest BCUT2D eigenvalue weighted by molar-refractivity contribution is -0.384. The minimum absolute atomic E-state index is 0.00175. The Morgan fingerprint density at radius 2 is 2.04 bits per heavy atom. The fourth-order valence-electron chi connectivity index (χ4n) is 2.63. The lowest BCUT2D eigenvalue weighted by atomic mass is 10.1. The third-order valence-electron chi connectivity index (χ3n) is 3.88. The molecule has 0 aliphatic heterocycles. The number of nitrogens with zero attached hydrogens (tertiary/aromatic N) is 1. The number of H-pyrrole nitrogens is 1. The fourth-order valence-corrected chi connectivity index (χ4v) is 2.63. The van der Waals surface area contributed by atoms with Gasteiger partial charge < -0.3 is 10.3 Å². The van der Waals surface area contributed by atoms with Gasteiger partial charge in [-0.15, -0.1) is 0 Å². The summed E-state index contributed by atoms with van der Waals surface area (Å²) in [4.78, 5) is 25.4. The molecule has 3 aromatic rings. The summed E-state index contributed by atoms with van der Waals surface area (Å²) in [5, 5.41) is 14.7. The van der Waals surface area contributed by atoms with Crippen molar-refractivity contribution in [3.05, 3.63) is 82.0 Å². The molecule has 0 unspecified atom stereocenters. The van der Waals surface area contributed by atoms with Crippen molar-refractivity contribution >= 4 is 28.6 Å². The second-order valence-corrected chi connectivity index (χ2v) is 5.59. The summed E-state index contributed by atoms with van der Waals surface area (Å²) in [6.45, 7) is 0.514. The number of para-hydroxylation sites is 1. The maximum Gasteiger partial charge on any atom is 0.270 e. The van der Waals surface area contributed by atoms with Crippen molar-refractivity contribution in [2.45, 2.75) is 6.42 Å². The van der Waals surface area contributed by atoms with E-state index in [1.54, 1.807) is 18.2 Å². The number of non-ortho nitro benzene ring substituents is 1. The molecule has 0 fully saturated rings. The van der Waals surface area contributed by atoms with Gasteiger partial charge in [-0.1, -0.05) is 30.3 Å². The van der Waals surface area contributed by atoms with Crippen LogP contribution in [-0.4, -0.2) is 22.4 Å². The largest absolute Gasteiger partial charge is 0.361 e. The maximum absolute atomic E-state index is 11.9. The summed E-state index contributed by atoms with van der Waals surface area (Å²) in [5.41, 5.74) is 2.84. The topological polar surface area (TPSA) is 88.0 Å². The zero-order valence-corrected chi connectivity index (χ0v) is 13.4. The summed E-state index contributed by atoms with van der Waals surface area (Å²) < 4.78 is 0. The number of nitro benzene ring substituents is 1. The van der Waals surface area contributed by atoms with Crippen molar-refractivity contribution in [1.29, 1.82) is 0 Å². The van der Waals surface area contributed by atoms with Gasteiger partial charge in [-0.25, -0.2) is 0 Å². The monoisotopic (exact) mass is 335 g/mol. The van der Waals surface area contributed by atoms with Crippen LogP contribution in [0.15, 0.2) is 60.8 Å². The van der Waals surface area contributed by atoms with E-state index in [1.807, 2.05) is 30.5 Å². The molecule has 1 heterocycles. The van der Waals surface area contributed by atoms with E-state index in [1.165, 1.54) is 18.2 Å². The Kier molecular flexibility index (Phi) is 4.89. The van der Waals surface area contributed by atoms with Crippen molar-refractivity contribution in [2.75, 3.05) is 6.54 Å². The lowest BCUT2D eigenvalue weighted by Crippen LogP contribution is -2.23. The molecule has 6 heteroatoms. The van der Waals surface area contributed by atoms with Crippen LogP contribution < -0.4 is 5.32 Å². The normalized spacial score (nSPS) is 11.0. The number of amides is 1. The average Bonchev–Trinajstić information content (AvgIpc) is 3.03. The first-order valence-electron chi connectivity index (χ1n) is 7.89. The highest BCUT2D eigenvalue weighted by molar-refractivity contribution is 5.91. The van der Waals surface area contributed by atoms with Crippen LogP contribution in [0.3, 0.4) is 0 Å². The Morgan fingerprint density at radius 1 is 1.20 bits per heavy atom. The number of aromatic nitrogens is 1. The quantitative estimate of drug-likeness (QED) is 0.411. The van der Waals surface area contributed by atoms with E-state index in [-0.39, 0.29) is 11.6 Å². The zero-order valence-electron chi connectivity index (χ0n) is 13.4. The van der Waals surface area contributed by atoms with Gasteiger partial charge in [0.05, 0.1) is 4.92 Å². The number of benzene rings is 2. The number of rotatable bonds is 6. The summed E-state index contributed by atoms with van der Waals surface area (Å²) in [6, 6.07) is 14.2. The number of carbonyl (C=O) groups excluding carboxylic acids is 1. The van der Waals surface area contributed by atoms with Crippen LogP contribution in [0.25, 0.3) is 17.0 Å². The van der Waals surface area contributed by atoms with E-state index in [0.717, 1.165) is 22.9 Å². The number of hydrogen-bond acceptors (Lipinski definition) is 3. The molecule has 0 aliphatic rings. The molecule has 1 aromatic heterocycles. The second kappa shape index (κ2) is 7.44. The van der Waals surface area contributed by atoms with Gasteiger partial charge in [0, 0.05) is 41.9 Å². The van der Waals surface area contributed by atoms with Gasteiger partial charge in [-0.05, 0) is 29.7 Å². The molecule has 1 amide bonds. The summed E-state index contributed by atoms with van der Waals surface area (Å²) in [5.74, 6) is -0.230. The highest BCUT2D eigenvalue weighted by Crippen LogP contribution is 2.17. The molecular formula is C19H17N3O3. The third kappa shape index (κ3) is 4.11. The standard InChI is InChI=1S/C19H17N3O3/c23-19(9-8-14-4-3-5-16(12-14)22(24)25)20-11-10-15-13-21-18-7-2-1-6-17(15)18/h1-9,12-13,21H,10-11H2,(H,20,23)/b9-8-. The molecular weight excluding hydrogens is 318 g/mol. The molecule has 2 N–H and O–H groups in total. The number of carbonyl (C=O) groups is 1. The first-order valence-corrected chi connectivity index (χ1v) is 7.89. The molecule has 6 nitrogen and oxygen atoms in total. The zero-order chi connectivity index (χ0) is 17.6. The highest BCUT2D eigenvalue weighted by Gasteiger charge is 2.05. The van der Waals surface area contributed by atoms with E-state index >= 15 is 0 Å². The van der Waals surface area contributed by atoms with Crippen molar-refractivity contribution in [2.24, 2.45) is 0 Å². The first-order chi connectivity index (χ1) is 12.1. The van der Waals surface area contributed by atoms with Crippen LogP contribution in [0, 0.1) is 10.1 Å². The number of nitrogens with one attached hydrogen (secondary N) is 2. The van der Waals surface area contributed by atoms with Crippen LogP contribution in [-0.2, 0) is 11.2 Å². The summed E-state index contributed by atoms with van der Waals surface area (Å²) >= 11 is 0. The smallest absolute Gasteiger partial charge is 0.270 e. The molecule has 0 spiro atoms. The second-order valence-electron chi connectivity index (χ2n) is 5.59. The lowest BCUT2D eigenvalue weighted by Gasteiger charge is -2.02. The van der Waals surface area contributed by atoms with Crippen LogP contribution in [0.5, 0.6) is 0 Å². The molecule has 126 valence electrons. The molecule has 0 aliphatic carbocycles. The minimum Gasteiger partial charge on any atom is -0.361 e. The highest BCUT2D eigenvalue weighted by atomic mass is 16.6. The van der Waals surface area contributed by atoms with Crippen molar-refractivity contribution in [1.82, 2.24) is 10.3 Å². The third-order valence-corrected chi connectivity index (χ3v) is 3.88. The Balaban J connectivity index is 1.54. The van der Waals surface area contributed by atoms with Crippen LogP contribution in [0.4, 0.5) is 5.69 Å². The van der Waals surface area contributed by atoms with Crippen molar-refractivity contribution in [3.63, 3.8) is 0 Å². The van der Waals surface area contributed by atoms with Gasteiger partial charge in [-0.3, -0.25) is 14.9 Å². The predicted octanol–water partition coefficient (Wildman–Crippen LogP) is 3.45. The Hall–Kier alpha value is -3.41. The Bertz CT molecular complexity index is 944. The SMILES string of the molecule is O=C(/C=C\c1cccc([N+](=O)[O-])c1)NCCc1c[nH]c2ccccc12. The summed E-state index contributed by atoms with van der Waals surface area (Å²) in [7, 11) is 0. The Labute approximate surface area is 144 Å². The minimum atomic E-state index is -0.460. The molecule has 0 atom stereocenters. The molecule has 2 aromatic carbocycles. The average molecular weight is 335 g/mol. The number of aromatic amines is 1. The van der Waals surface area contributed by atoms with E-state index in [2.05, 4.69) is 10.3 Å². The van der Waals surface area contributed by atoms with Crippen molar-refractivity contribution in [3.8, 4) is 0 Å². The van der Waals surface area contributed by atoms with Crippen LogP contribution in [0.2, 0.25) is 0 Å². The number of nitro groups is 1. The van der Waals surface area contributed by atoms with Gasteiger partial charge in [-0.2, -0.15) is 0 Å². The molecule has 25 heavy (non-hydrogen) atoms. The maximum atomic E-state index is 11.9. The molecule has 3 rings (SSSR count). The van der Waals surface area contributed by atoms with E-state index in [9.17, 15) is 14.9 Å². The predicted molar refractivity (Wildman–Crippen MR) is 97.1 cm³/mol. The van der Waals surface area contributed by atoms with E-state index in [0.29, 0.717) is 12.1 Å². The number of hydrogen-bond donors (Lipinski definition) is 2. The van der Waals surface area contributed by atoms with Gasteiger partial charge in [0.1, 0.15) is 0 Å². The van der Waals surface area contributed by atoms with Gasteiger partial charge >= 0.3 is 0 Å². The van der Waals surface area contributed by atoms with Crippen molar-refractivity contribution < 1.29 is 9.72 Å². The van der Waals surface area contributed by atoms with Gasteiger partial charge in [0.15, 0.2) is 0 Å². The molecule has 0 bridgehead atoms. The molecule has 0 radical (unpaired) electrons. The Morgan fingerprint density at radius 3 is 2.88 bits per heavy atom. The van der Waals surface area contributed by atoms with Gasteiger partial charge in [0.25, 0.3) is 5.69 Å².